The van der Waals surface area contributed by atoms with E-state index >= 15 is 0 Å². The van der Waals surface area contributed by atoms with Crippen LogP contribution in [0.4, 0.5) is 0 Å². The zero-order valence-corrected chi connectivity index (χ0v) is 35.0. The van der Waals surface area contributed by atoms with Crippen molar-refractivity contribution in [2.75, 3.05) is 6.54 Å². The lowest BCUT2D eigenvalue weighted by Crippen LogP contribution is -2.57. The highest BCUT2D eigenvalue weighted by atomic mass is 32.1. The molecule has 0 radical (unpaired) electrons. The van der Waals surface area contributed by atoms with Gasteiger partial charge in [0.15, 0.2) is 0 Å². The van der Waals surface area contributed by atoms with Crippen molar-refractivity contribution in [3.8, 4) is 10.4 Å². The third-order valence-electron chi connectivity index (χ3n) is 11.0. The standard InChI is InChI=1S/C43H51N7O9S/c1-24-36(60-23-46-24)26-15-13-25(14-16-26)20-45-38(55)31-19-28(51)22-49(31)42(59)37(43(2,3)4)47-33(53)12-7-5-6-11-32(52)44-21-27-9-8-10-29-35(27)41(58)50(40(29)57)30-17-18-34(54)48-39(30)56/h8-10,13-16,23,28,30-31,37,51H,5-7,11-12,17-22H2,1-4H3,(H,44,52)(H,45,55)(H,47,53)(H,48,54,56)/t28-,30?,31+,37-/m1/s1. The van der Waals surface area contributed by atoms with Crippen molar-refractivity contribution in [2.24, 2.45) is 5.41 Å². The van der Waals surface area contributed by atoms with Crippen LogP contribution in [0.5, 0.6) is 0 Å². The van der Waals surface area contributed by atoms with Crippen molar-refractivity contribution in [1.29, 1.82) is 0 Å². The Hall–Kier alpha value is -5.81. The molecule has 4 atom stereocenters. The molecule has 2 aromatic carbocycles. The Morgan fingerprint density at radius 2 is 1.65 bits per heavy atom. The number of rotatable bonds is 15. The average Bonchev–Trinajstić information content (AvgIpc) is 3.89. The van der Waals surface area contributed by atoms with E-state index in [0.29, 0.717) is 24.8 Å². The summed E-state index contributed by atoms with van der Waals surface area (Å²) in [6.45, 7) is 7.59. The summed E-state index contributed by atoms with van der Waals surface area (Å²) < 4.78 is 0. The second kappa shape index (κ2) is 18.6. The van der Waals surface area contributed by atoms with Crippen molar-refractivity contribution >= 4 is 58.6 Å². The second-order valence-corrected chi connectivity index (χ2v) is 17.4. The third-order valence-corrected chi connectivity index (χ3v) is 12.0. The van der Waals surface area contributed by atoms with E-state index in [9.17, 15) is 43.5 Å². The van der Waals surface area contributed by atoms with E-state index in [1.165, 1.54) is 11.0 Å². The van der Waals surface area contributed by atoms with Gasteiger partial charge in [0, 0.05) is 45.3 Å². The number of aliphatic hydroxyl groups excluding tert-OH is 1. The largest absolute Gasteiger partial charge is 0.391 e. The molecule has 5 N–H and O–H groups in total. The van der Waals surface area contributed by atoms with Gasteiger partial charge in [-0.1, -0.05) is 63.6 Å². The van der Waals surface area contributed by atoms with Gasteiger partial charge < -0.3 is 26.0 Å². The fourth-order valence-corrected chi connectivity index (χ4v) is 8.59. The highest BCUT2D eigenvalue weighted by Crippen LogP contribution is 2.31. The molecule has 318 valence electrons. The second-order valence-electron chi connectivity index (χ2n) is 16.6. The van der Waals surface area contributed by atoms with Crippen molar-refractivity contribution in [1.82, 2.24) is 36.1 Å². The molecule has 3 aromatic rings. The van der Waals surface area contributed by atoms with Gasteiger partial charge in [-0.3, -0.25) is 48.6 Å². The van der Waals surface area contributed by atoms with Crippen LogP contribution >= 0.6 is 11.3 Å². The summed E-state index contributed by atoms with van der Waals surface area (Å²) in [4.78, 5) is 111. The number of aliphatic hydroxyl groups is 1. The Bertz CT molecular complexity index is 2180. The van der Waals surface area contributed by atoms with E-state index in [4.69, 9.17) is 0 Å². The fourth-order valence-electron chi connectivity index (χ4n) is 7.78. The number of amides is 8. The van der Waals surface area contributed by atoms with Crippen LogP contribution in [0.2, 0.25) is 0 Å². The maximum absolute atomic E-state index is 14.0. The first-order valence-corrected chi connectivity index (χ1v) is 21.1. The molecule has 3 aliphatic heterocycles. The SMILES string of the molecule is Cc1ncsc1-c1ccc(CNC(=O)[C@@H]2C[C@@H](O)CN2C(=O)[C@@H](NC(=O)CCCCCC(=O)NCc2cccc3c2C(=O)N(C2CCC(=O)NC2=O)C3=O)C(C)(C)C)cc1. The first-order valence-electron chi connectivity index (χ1n) is 20.2. The first kappa shape index (κ1) is 43.8. The lowest BCUT2D eigenvalue weighted by Gasteiger charge is -2.35. The van der Waals surface area contributed by atoms with E-state index in [-0.39, 0.29) is 74.7 Å². The number of piperidine rings is 1. The van der Waals surface area contributed by atoms with Crippen molar-refractivity contribution in [3.63, 3.8) is 0 Å². The lowest BCUT2D eigenvalue weighted by atomic mass is 9.85. The van der Waals surface area contributed by atoms with Crippen molar-refractivity contribution in [3.05, 3.63) is 75.9 Å². The number of carbonyl (C=O) groups is 8. The average molecular weight is 842 g/mol. The lowest BCUT2D eigenvalue weighted by molar-refractivity contribution is -0.144. The number of hydrogen-bond acceptors (Lipinski definition) is 11. The van der Waals surface area contributed by atoms with Crippen LogP contribution in [-0.4, -0.2) is 97.9 Å². The molecule has 3 aliphatic rings. The monoisotopic (exact) mass is 841 g/mol. The molecule has 1 unspecified atom stereocenters. The number of benzene rings is 2. The summed E-state index contributed by atoms with van der Waals surface area (Å²) >= 11 is 1.56. The minimum Gasteiger partial charge on any atom is -0.391 e. The predicted molar refractivity (Wildman–Crippen MR) is 220 cm³/mol. The molecule has 17 heteroatoms. The molecule has 6 rings (SSSR count). The molecule has 8 amide bonds. The Balaban J connectivity index is 0.942. The van der Waals surface area contributed by atoms with E-state index in [0.717, 1.165) is 26.6 Å². The molecule has 1 aromatic heterocycles. The van der Waals surface area contributed by atoms with E-state index in [1.54, 1.807) is 29.0 Å². The number of aryl methyl sites for hydroxylation is 1. The number of unbranched alkanes of at least 4 members (excludes halogenated alkanes) is 2. The van der Waals surface area contributed by atoms with Crippen LogP contribution in [0.3, 0.4) is 0 Å². The normalized spacial score (nSPS) is 19.5. The van der Waals surface area contributed by atoms with Gasteiger partial charge in [0.2, 0.25) is 35.4 Å². The van der Waals surface area contributed by atoms with E-state index in [2.05, 4.69) is 26.3 Å². The molecule has 0 aliphatic carbocycles. The Kier molecular flexibility index (Phi) is 13.6. The van der Waals surface area contributed by atoms with Gasteiger partial charge in [-0.15, -0.1) is 11.3 Å². The van der Waals surface area contributed by atoms with Crippen molar-refractivity contribution < 1.29 is 43.5 Å². The smallest absolute Gasteiger partial charge is 0.262 e. The molecule has 16 nitrogen and oxygen atoms in total. The Morgan fingerprint density at radius 1 is 0.933 bits per heavy atom. The number of β-amino-alcohol motifs (C(OH)–C–C–N with tert-alkyl or cyclic N) is 1. The molecular formula is C43H51N7O9S. The summed E-state index contributed by atoms with van der Waals surface area (Å²) in [7, 11) is 0. The van der Waals surface area contributed by atoms with Gasteiger partial charge in [0.05, 0.1) is 33.3 Å². The summed E-state index contributed by atoms with van der Waals surface area (Å²) in [5.74, 6) is -3.93. The van der Waals surface area contributed by atoms with Gasteiger partial charge in [-0.05, 0) is 54.4 Å². The number of hydrogen-bond donors (Lipinski definition) is 5. The highest BCUT2D eigenvalue weighted by Gasteiger charge is 2.46. The number of nitrogens with zero attached hydrogens (tertiary/aromatic N) is 3. The summed E-state index contributed by atoms with van der Waals surface area (Å²) in [6, 6.07) is 9.55. The number of likely N-dealkylation sites (tertiary alicyclic amines) is 1. The molecule has 0 spiro atoms. The maximum atomic E-state index is 14.0. The van der Waals surface area contributed by atoms with Gasteiger partial charge in [-0.25, -0.2) is 4.98 Å². The first-order chi connectivity index (χ1) is 28.5. The number of fused-ring (bicyclic) bond motifs is 1. The van der Waals surface area contributed by atoms with Gasteiger partial charge in [0.1, 0.15) is 18.1 Å². The van der Waals surface area contributed by atoms with Crippen LogP contribution in [0.25, 0.3) is 10.4 Å². The van der Waals surface area contributed by atoms with Crippen LogP contribution in [0, 0.1) is 12.3 Å². The minimum absolute atomic E-state index is 0.00787. The molecule has 2 fully saturated rings. The van der Waals surface area contributed by atoms with Gasteiger partial charge in [0.25, 0.3) is 11.8 Å². The molecular weight excluding hydrogens is 791 g/mol. The zero-order valence-electron chi connectivity index (χ0n) is 34.2. The van der Waals surface area contributed by atoms with Crippen LogP contribution in [0.1, 0.15) is 110 Å². The highest BCUT2D eigenvalue weighted by molar-refractivity contribution is 7.13. The number of thiazole rings is 1. The third kappa shape index (κ3) is 9.96. The molecule has 4 heterocycles. The molecule has 0 saturated carbocycles. The topological polar surface area (TPSA) is 224 Å². The van der Waals surface area contributed by atoms with Crippen LogP contribution in [-0.2, 0) is 41.9 Å². The molecule has 60 heavy (non-hydrogen) atoms. The zero-order chi connectivity index (χ0) is 43.3. The number of nitrogens with one attached hydrogen (secondary N) is 4. The van der Waals surface area contributed by atoms with E-state index in [1.807, 2.05) is 52.0 Å². The number of aromatic nitrogens is 1. The summed E-state index contributed by atoms with van der Waals surface area (Å²) in [5, 5.41) is 21.3. The fraction of sp³-hybridized carbons (Fsp3) is 0.465. The van der Waals surface area contributed by atoms with Crippen molar-refractivity contribution in [2.45, 2.75) is 116 Å². The van der Waals surface area contributed by atoms with E-state index < -0.39 is 65.1 Å². The summed E-state index contributed by atoms with van der Waals surface area (Å²) in [5.41, 5.74) is 4.61. The quantitative estimate of drug-likeness (QED) is 0.111. The molecule has 2 saturated heterocycles. The predicted octanol–water partition coefficient (Wildman–Crippen LogP) is 2.90. The minimum atomic E-state index is -1.09. The number of imide groups is 2. The summed E-state index contributed by atoms with van der Waals surface area (Å²) in [6.07, 6.45) is 0.929. The van der Waals surface area contributed by atoms with Gasteiger partial charge >= 0.3 is 0 Å². The Morgan fingerprint density at radius 3 is 2.32 bits per heavy atom. The van der Waals surface area contributed by atoms with Crippen LogP contribution < -0.4 is 21.3 Å². The Labute approximate surface area is 351 Å². The molecule has 0 bridgehead atoms. The van der Waals surface area contributed by atoms with Gasteiger partial charge in [-0.2, -0.15) is 0 Å². The number of carbonyl (C=O) groups excluding carboxylic acids is 8. The van der Waals surface area contributed by atoms with Crippen LogP contribution in [0.15, 0.2) is 48.0 Å². The maximum Gasteiger partial charge on any atom is 0.262 e.